The van der Waals surface area contributed by atoms with Gasteiger partial charge in [0.25, 0.3) is 0 Å². The molecule has 0 fully saturated rings. The summed E-state index contributed by atoms with van der Waals surface area (Å²) in [4.78, 5) is 0. The van der Waals surface area contributed by atoms with Crippen LogP contribution in [-0.2, 0) is 0 Å². The normalized spacial score (nSPS) is 17.2. The molecule has 0 spiro atoms. The molecule has 0 rings (SSSR count). The fraction of sp³-hybridized carbons (Fsp3) is 0.857. The molecular weight excluding hydrogens is 200 g/mol. The molecule has 0 aliphatic carbocycles. The minimum absolute atomic E-state index is 0.185. The van der Waals surface area contributed by atoms with Gasteiger partial charge in [0.1, 0.15) is 12.2 Å². The predicted molar refractivity (Wildman–Crippen MR) is 67.9 cm³/mol. The highest BCUT2D eigenvalue weighted by atomic mass is 16.3. The summed E-state index contributed by atoms with van der Waals surface area (Å²) in [5, 5.41) is 19.1. The van der Waals surface area contributed by atoms with Gasteiger partial charge in [0.05, 0.1) is 0 Å². The molecule has 94 valence electrons. The first kappa shape index (κ1) is 15.5. The van der Waals surface area contributed by atoms with Gasteiger partial charge in [-0.2, -0.15) is 0 Å². The first-order valence-electron chi connectivity index (χ1n) is 6.14. The van der Waals surface area contributed by atoms with Crippen molar-refractivity contribution in [2.24, 2.45) is 11.3 Å². The van der Waals surface area contributed by atoms with Crippen molar-refractivity contribution in [2.75, 3.05) is 0 Å². The van der Waals surface area contributed by atoms with Crippen molar-refractivity contribution in [3.63, 3.8) is 0 Å². The Morgan fingerprint density at radius 2 is 1.56 bits per heavy atom. The van der Waals surface area contributed by atoms with Crippen molar-refractivity contribution in [1.29, 1.82) is 0 Å². The van der Waals surface area contributed by atoms with E-state index in [-0.39, 0.29) is 5.41 Å². The number of aliphatic hydroxyl groups excluding tert-OH is 2. The van der Waals surface area contributed by atoms with E-state index < -0.39 is 12.2 Å². The van der Waals surface area contributed by atoms with Gasteiger partial charge in [-0.3, -0.25) is 0 Å². The van der Waals surface area contributed by atoms with E-state index in [1.54, 1.807) is 0 Å². The van der Waals surface area contributed by atoms with Gasteiger partial charge in [-0.25, -0.2) is 0 Å². The monoisotopic (exact) mass is 226 g/mol. The van der Waals surface area contributed by atoms with E-state index >= 15 is 0 Å². The molecule has 3 unspecified atom stereocenters. The van der Waals surface area contributed by atoms with Crippen molar-refractivity contribution in [1.82, 2.24) is 0 Å². The second kappa shape index (κ2) is 6.93. The fourth-order valence-corrected chi connectivity index (χ4v) is 1.29. The smallest absolute Gasteiger partial charge is 0.115 e. The molecule has 0 bridgehead atoms. The number of aliphatic hydroxyl groups is 2. The molecule has 0 aromatic heterocycles. The minimum atomic E-state index is -0.624. The highest BCUT2D eigenvalue weighted by Crippen LogP contribution is 2.28. The van der Waals surface area contributed by atoms with Crippen molar-refractivity contribution in [2.45, 2.75) is 66.1 Å². The third-order valence-corrected chi connectivity index (χ3v) is 3.03. The maximum Gasteiger partial charge on any atom is 0.115 e. The fourth-order valence-electron chi connectivity index (χ4n) is 1.29. The molecule has 0 saturated heterocycles. The number of hydrogen-bond donors (Lipinski definition) is 2. The number of rotatable bonds is 4. The van der Waals surface area contributed by atoms with Crippen molar-refractivity contribution >= 4 is 0 Å². The molecule has 0 saturated carbocycles. The number of hydrogen-bond acceptors (Lipinski definition) is 2. The second-order valence-electron chi connectivity index (χ2n) is 5.61. The lowest BCUT2D eigenvalue weighted by Gasteiger charge is -2.27. The van der Waals surface area contributed by atoms with E-state index in [1.165, 1.54) is 0 Å². The Hall–Kier alpha value is -0.520. The standard InChI is InChI=1S/C14H26O2/c1-6-7-12(15)8-9-13(16)10-11(2)14(3,4)5/h11-13,15-16H,6-7,10H2,1-5H3. The molecule has 2 nitrogen and oxygen atoms in total. The molecule has 2 N–H and O–H groups in total. The van der Waals surface area contributed by atoms with Crippen LogP contribution in [0.5, 0.6) is 0 Å². The molecule has 0 aliphatic rings. The van der Waals surface area contributed by atoms with Crippen LogP contribution in [0.3, 0.4) is 0 Å². The van der Waals surface area contributed by atoms with Crippen LogP contribution in [0.4, 0.5) is 0 Å². The molecule has 0 aromatic rings. The highest BCUT2D eigenvalue weighted by molar-refractivity contribution is 5.09. The van der Waals surface area contributed by atoms with E-state index in [0.29, 0.717) is 18.8 Å². The lowest BCUT2D eigenvalue weighted by atomic mass is 9.79. The van der Waals surface area contributed by atoms with Crippen LogP contribution in [0, 0.1) is 23.2 Å². The minimum Gasteiger partial charge on any atom is -0.380 e. The summed E-state index contributed by atoms with van der Waals surface area (Å²) in [6.07, 6.45) is 1.03. The molecule has 0 aliphatic heterocycles. The largest absolute Gasteiger partial charge is 0.380 e. The van der Waals surface area contributed by atoms with E-state index in [2.05, 4.69) is 39.5 Å². The summed E-state index contributed by atoms with van der Waals surface area (Å²) < 4.78 is 0. The Labute approximate surface area is 100 Å². The van der Waals surface area contributed by atoms with E-state index in [9.17, 15) is 10.2 Å². The Morgan fingerprint density at radius 1 is 1.06 bits per heavy atom. The van der Waals surface area contributed by atoms with Crippen LogP contribution in [0.1, 0.15) is 53.9 Å². The third-order valence-electron chi connectivity index (χ3n) is 3.03. The van der Waals surface area contributed by atoms with Crippen molar-refractivity contribution in [3.05, 3.63) is 0 Å². The van der Waals surface area contributed by atoms with Gasteiger partial charge in [-0.15, -0.1) is 0 Å². The quantitative estimate of drug-likeness (QED) is 0.723. The average Bonchev–Trinajstić information content (AvgIpc) is 2.13. The zero-order chi connectivity index (χ0) is 12.8. The molecule has 0 radical (unpaired) electrons. The Bertz CT molecular complexity index is 242. The molecule has 16 heavy (non-hydrogen) atoms. The second-order valence-corrected chi connectivity index (χ2v) is 5.61. The summed E-state index contributed by atoms with van der Waals surface area (Å²) in [7, 11) is 0. The Balaban J connectivity index is 4.12. The maximum atomic E-state index is 9.72. The van der Waals surface area contributed by atoms with Gasteiger partial charge in [0.2, 0.25) is 0 Å². The summed E-state index contributed by atoms with van der Waals surface area (Å²) in [5.41, 5.74) is 0.185. The van der Waals surface area contributed by atoms with Crippen LogP contribution in [0.25, 0.3) is 0 Å². The summed E-state index contributed by atoms with van der Waals surface area (Å²) in [5.74, 6) is 5.82. The molecule has 0 amide bonds. The topological polar surface area (TPSA) is 40.5 Å². The maximum absolute atomic E-state index is 9.72. The van der Waals surface area contributed by atoms with E-state index in [4.69, 9.17) is 0 Å². The van der Waals surface area contributed by atoms with Crippen LogP contribution in [0.15, 0.2) is 0 Å². The first-order valence-corrected chi connectivity index (χ1v) is 6.14. The summed E-state index contributed by atoms with van der Waals surface area (Å²) >= 11 is 0. The van der Waals surface area contributed by atoms with Crippen molar-refractivity contribution in [3.8, 4) is 11.8 Å². The van der Waals surface area contributed by atoms with Crippen LogP contribution < -0.4 is 0 Å². The van der Waals surface area contributed by atoms with Gasteiger partial charge < -0.3 is 10.2 Å². The zero-order valence-corrected chi connectivity index (χ0v) is 11.2. The lowest BCUT2D eigenvalue weighted by molar-refractivity contribution is 0.148. The lowest BCUT2D eigenvalue weighted by Crippen LogP contribution is -2.22. The van der Waals surface area contributed by atoms with Gasteiger partial charge in [0, 0.05) is 0 Å². The first-order chi connectivity index (χ1) is 7.27. The Kier molecular flexibility index (Phi) is 6.71. The van der Waals surface area contributed by atoms with Crippen LogP contribution >= 0.6 is 0 Å². The van der Waals surface area contributed by atoms with E-state index in [0.717, 1.165) is 6.42 Å². The molecule has 0 heterocycles. The van der Waals surface area contributed by atoms with Crippen LogP contribution in [0.2, 0.25) is 0 Å². The Morgan fingerprint density at radius 3 is 2.00 bits per heavy atom. The third kappa shape index (κ3) is 6.87. The highest BCUT2D eigenvalue weighted by Gasteiger charge is 2.21. The summed E-state index contributed by atoms with van der Waals surface area (Å²) in [6.45, 7) is 10.6. The summed E-state index contributed by atoms with van der Waals surface area (Å²) in [6, 6.07) is 0. The molecule has 3 atom stereocenters. The van der Waals surface area contributed by atoms with Gasteiger partial charge >= 0.3 is 0 Å². The SMILES string of the molecule is CCCC(O)C#CC(O)CC(C)C(C)(C)C. The molecular formula is C14H26O2. The van der Waals surface area contributed by atoms with Crippen LogP contribution in [-0.4, -0.2) is 22.4 Å². The predicted octanol–water partition coefficient (Wildman–Crippen LogP) is 2.58. The molecule has 2 heteroatoms. The van der Waals surface area contributed by atoms with Gasteiger partial charge in [0.15, 0.2) is 0 Å². The van der Waals surface area contributed by atoms with Crippen molar-refractivity contribution < 1.29 is 10.2 Å². The average molecular weight is 226 g/mol. The van der Waals surface area contributed by atoms with E-state index in [1.807, 2.05) is 6.92 Å². The zero-order valence-electron chi connectivity index (χ0n) is 11.2. The molecule has 0 aromatic carbocycles. The van der Waals surface area contributed by atoms with Gasteiger partial charge in [-0.1, -0.05) is 52.9 Å². The van der Waals surface area contributed by atoms with Gasteiger partial charge in [-0.05, 0) is 24.2 Å².